The Morgan fingerprint density at radius 2 is 1.97 bits per heavy atom. The molecule has 0 amide bonds. The maximum Gasteiger partial charge on any atom is 0.269 e. The summed E-state index contributed by atoms with van der Waals surface area (Å²) in [5.41, 5.74) is 7.43. The highest BCUT2D eigenvalue weighted by atomic mass is 16.6. The Morgan fingerprint density at radius 3 is 2.61 bits per heavy atom. The molecule has 164 valence electrons. The van der Waals surface area contributed by atoms with Crippen molar-refractivity contribution in [1.29, 1.82) is 0 Å². The number of nitro benzene ring substituents is 1. The molecule has 4 rings (SSSR count). The zero-order chi connectivity index (χ0) is 22.1. The maximum absolute atomic E-state index is 10.7. The van der Waals surface area contributed by atoms with Crippen LogP contribution in [0.2, 0.25) is 0 Å². The number of rotatable bonds is 7. The highest BCUT2D eigenvalue weighted by Crippen LogP contribution is 2.32. The smallest absolute Gasteiger partial charge is 0.269 e. The van der Waals surface area contributed by atoms with Crippen molar-refractivity contribution >= 4 is 28.6 Å². The topological polar surface area (TPSA) is 195 Å². The Balaban J connectivity index is 1.52. The van der Waals surface area contributed by atoms with E-state index in [1.807, 2.05) is 0 Å². The molecule has 0 aliphatic carbocycles. The molecule has 4 atom stereocenters. The molecule has 3 aromatic rings. The first-order chi connectivity index (χ1) is 14.9. The summed E-state index contributed by atoms with van der Waals surface area (Å²) in [6.45, 7) is -0.00198. The van der Waals surface area contributed by atoms with Gasteiger partial charge in [-0.1, -0.05) is 12.1 Å². The molecule has 0 saturated carbocycles. The summed E-state index contributed by atoms with van der Waals surface area (Å²) < 4.78 is 6.97. The first-order valence-corrected chi connectivity index (χ1v) is 9.48. The van der Waals surface area contributed by atoms with Crippen molar-refractivity contribution in [2.45, 2.75) is 31.0 Å². The van der Waals surface area contributed by atoms with Crippen LogP contribution in [0.15, 0.2) is 30.6 Å². The SMILES string of the molecule is Nc1nc(NCCc2ccc([N+](=O)[O-])cc2)c2ncn([C@@H]3O[C@H](CO)[C@@H](O)[C@H]3O)c2n1. The number of hydrogen-bond donors (Lipinski definition) is 5. The van der Waals surface area contributed by atoms with Crippen molar-refractivity contribution in [3.05, 3.63) is 46.3 Å². The van der Waals surface area contributed by atoms with Gasteiger partial charge in [0.1, 0.15) is 18.3 Å². The third kappa shape index (κ3) is 3.98. The first-order valence-electron chi connectivity index (χ1n) is 9.48. The number of benzene rings is 1. The number of nitrogens with one attached hydrogen (secondary N) is 1. The third-order valence-corrected chi connectivity index (χ3v) is 5.08. The molecule has 1 saturated heterocycles. The molecule has 0 unspecified atom stereocenters. The van der Waals surface area contributed by atoms with Gasteiger partial charge in [0, 0.05) is 18.7 Å². The molecule has 1 fully saturated rings. The van der Waals surface area contributed by atoms with Gasteiger partial charge < -0.3 is 31.1 Å². The van der Waals surface area contributed by atoms with Gasteiger partial charge in [-0.2, -0.15) is 9.97 Å². The largest absolute Gasteiger partial charge is 0.394 e. The summed E-state index contributed by atoms with van der Waals surface area (Å²) in [5, 5.41) is 43.5. The van der Waals surface area contributed by atoms with Gasteiger partial charge in [-0.15, -0.1) is 0 Å². The molecule has 31 heavy (non-hydrogen) atoms. The number of nitrogens with zero attached hydrogens (tertiary/aromatic N) is 5. The van der Waals surface area contributed by atoms with Crippen molar-refractivity contribution in [3.8, 4) is 0 Å². The zero-order valence-electron chi connectivity index (χ0n) is 16.2. The van der Waals surface area contributed by atoms with Crippen molar-refractivity contribution in [1.82, 2.24) is 19.5 Å². The lowest BCUT2D eigenvalue weighted by Gasteiger charge is -2.16. The third-order valence-electron chi connectivity index (χ3n) is 5.08. The number of ether oxygens (including phenoxy) is 1. The van der Waals surface area contributed by atoms with E-state index in [9.17, 15) is 25.4 Å². The van der Waals surface area contributed by atoms with Crippen LogP contribution in [0.4, 0.5) is 17.5 Å². The summed E-state index contributed by atoms with van der Waals surface area (Å²) in [7, 11) is 0. The molecule has 1 aliphatic heterocycles. The second-order valence-electron chi connectivity index (χ2n) is 7.08. The first kappa shape index (κ1) is 20.9. The van der Waals surface area contributed by atoms with Crippen LogP contribution in [0.25, 0.3) is 11.2 Å². The Hall–Kier alpha value is -3.39. The van der Waals surface area contributed by atoms with Gasteiger partial charge in [0.25, 0.3) is 5.69 Å². The van der Waals surface area contributed by atoms with Crippen LogP contribution in [0, 0.1) is 10.1 Å². The summed E-state index contributed by atoms with van der Waals surface area (Å²) in [6.07, 6.45) is -2.52. The Kier molecular flexibility index (Phi) is 5.65. The average molecular weight is 431 g/mol. The quantitative estimate of drug-likeness (QED) is 0.241. The molecule has 0 bridgehead atoms. The van der Waals surface area contributed by atoms with Crippen LogP contribution >= 0.6 is 0 Å². The number of aliphatic hydroxyl groups is 3. The second-order valence-corrected chi connectivity index (χ2v) is 7.08. The number of nitrogens with two attached hydrogens (primary N) is 1. The second kappa shape index (κ2) is 8.39. The summed E-state index contributed by atoms with van der Waals surface area (Å²) in [4.78, 5) is 22.9. The molecular weight excluding hydrogens is 410 g/mol. The minimum atomic E-state index is -1.29. The van der Waals surface area contributed by atoms with E-state index in [4.69, 9.17) is 10.5 Å². The molecular formula is C18H21N7O6. The van der Waals surface area contributed by atoms with E-state index < -0.39 is 36.1 Å². The van der Waals surface area contributed by atoms with Gasteiger partial charge in [-0.3, -0.25) is 14.7 Å². The van der Waals surface area contributed by atoms with E-state index in [0.29, 0.717) is 29.9 Å². The standard InChI is InChI=1S/C18H21N7O6/c19-18-22-15(20-6-5-9-1-3-10(4-2-9)25(29)30)12-16(23-18)24(8-21-12)17-14(28)13(27)11(7-26)31-17/h1-4,8,11,13-14,17,26-28H,5-7H2,(H3,19,20,22,23)/t11-,13-,14-,17-/m1/s1. The Labute approximate surface area is 175 Å². The number of nitrogen functional groups attached to an aromatic ring is 1. The number of imidazole rings is 1. The van der Waals surface area contributed by atoms with Crippen molar-refractivity contribution in [2.24, 2.45) is 0 Å². The van der Waals surface area contributed by atoms with Gasteiger partial charge in [-0.25, -0.2) is 4.98 Å². The number of non-ortho nitro benzene ring substituents is 1. The van der Waals surface area contributed by atoms with Gasteiger partial charge in [0.05, 0.1) is 17.9 Å². The van der Waals surface area contributed by atoms with E-state index in [1.54, 1.807) is 12.1 Å². The number of fused-ring (bicyclic) bond motifs is 1. The summed E-state index contributed by atoms with van der Waals surface area (Å²) >= 11 is 0. The Bertz CT molecular complexity index is 1090. The Morgan fingerprint density at radius 1 is 1.23 bits per heavy atom. The normalized spacial score (nSPS) is 23.3. The predicted molar refractivity (Wildman–Crippen MR) is 108 cm³/mol. The minimum absolute atomic E-state index is 0.0254. The van der Waals surface area contributed by atoms with E-state index in [0.717, 1.165) is 5.56 Å². The number of hydrogen-bond acceptors (Lipinski definition) is 11. The monoisotopic (exact) mass is 431 g/mol. The number of aromatic nitrogens is 4. The van der Waals surface area contributed by atoms with E-state index in [-0.39, 0.29) is 11.6 Å². The minimum Gasteiger partial charge on any atom is -0.394 e. The van der Waals surface area contributed by atoms with Crippen molar-refractivity contribution in [3.63, 3.8) is 0 Å². The lowest BCUT2D eigenvalue weighted by molar-refractivity contribution is -0.384. The van der Waals surface area contributed by atoms with Gasteiger partial charge in [0.2, 0.25) is 5.95 Å². The highest BCUT2D eigenvalue weighted by Gasteiger charge is 2.44. The lowest BCUT2D eigenvalue weighted by Crippen LogP contribution is -2.33. The van der Waals surface area contributed by atoms with Crippen LogP contribution in [0.5, 0.6) is 0 Å². The van der Waals surface area contributed by atoms with Crippen molar-refractivity contribution < 1.29 is 25.0 Å². The van der Waals surface area contributed by atoms with Crippen LogP contribution in [0.1, 0.15) is 11.8 Å². The van der Waals surface area contributed by atoms with Crippen LogP contribution in [0.3, 0.4) is 0 Å². The molecule has 6 N–H and O–H groups in total. The van der Waals surface area contributed by atoms with Crippen LogP contribution < -0.4 is 11.1 Å². The fourth-order valence-electron chi connectivity index (χ4n) is 3.46. The molecule has 0 radical (unpaired) electrons. The molecule has 1 aromatic carbocycles. The fourth-order valence-corrected chi connectivity index (χ4v) is 3.46. The molecule has 13 nitrogen and oxygen atoms in total. The van der Waals surface area contributed by atoms with Crippen LogP contribution in [-0.4, -0.2) is 71.2 Å². The maximum atomic E-state index is 10.7. The number of aliphatic hydroxyl groups excluding tert-OH is 3. The van der Waals surface area contributed by atoms with Gasteiger partial charge in [-0.05, 0) is 12.0 Å². The lowest BCUT2D eigenvalue weighted by atomic mass is 10.1. The summed E-state index contributed by atoms with van der Waals surface area (Å²) in [6, 6.07) is 6.25. The molecule has 0 spiro atoms. The number of anilines is 2. The fraction of sp³-hybridized carbons (Fsp3) is 0.389. The summed E-state index contributed by atoms with van der Waals surface area (Å²) in [5.74, 6) is 0.341. The highest BCUT2D eigenvalue weighted by molar-refractivity contribution is 5.84. The van der Waals surface area contributed by atoms with E-state index >= 15 is 0 Å². The average Bonchev–Trinajstić information content (AvgIpc) is 3.29. The molecule has 2 aromatic heterocycles. The van der Waals surface area contributed by atoms with E-state index in [2.05, 4.69) is 20.3 Å². The van der Waals surface area contributed by atoms with Gasteiger partial charge >= 0.3 is 0 Å². The zero-order valence-corrected chi connectivity index (χ0v) is 16.2. The van der Waals surface area contributed by atoms with Crippen molar-refractivity contribution in [2.75, 3.05) is 24.2 Å². The van der Waals surface area contributed by atoms with E-state index in [1.165, 1.54) is 23.0 Å². The molecule has 13 heteroatoms. The number of nitro groups is 1. The predicted octanol–water partition coefficient (Wildman–Crippen LogP) is -0.417. The van der Waals surface area contributed by atoms with Crippen LogP contribution in [-0.2, 0) is 11.2 Å². The molecule has 1 aliphatic rings. The van der Waals surface area contributed by atoms with Gasteiger partial charge in [0.15, 0.2) is 23.2 Å². The molecule has 3 heterocycles.